The lowest BCUT2D eigenvalue weighted by Gasteiger charge is -2.18. The molecule has 0 saturated carbocycles. The Labute approximate surface area is 147 Å². The number of H-pyrrole nitrogens is 1. The van der Waals surface area contributed by atoms with Gasteiger partial charge < -0.3 is 19.9 Å². The van der Waals surface area contributed by atoms with Gasteiger partial charge in [-0.2, -0.15) is 0 Å². The molecule has 6 nitrogen and oxygen atoms in total. The van der Waals surface area contributed by atoms with Crippen LogP contribution in [0.3, 0.4) is 0 Å². The molecule has 134 valence electrons. The maximum atomic E-state index is 12.4. The minimum atomic E-state index is -0.254. The van der Waals surface area contributed by atoms with Gasteiger partial charge >= 0.3 is 0 Å². The van der Waals surface area contributed by atoms with Crippen LogP contribution in [-0.4, -0.2) is 41.9 Å². The highest BCUT2D eigenvalue weighted by molar-refractivity contribution is 5.89. The zero-order valence-corrected chi connectivity index (χ0v) is 15.0. The summed E-state index contributed by atoms with van der Waals surface area (Å²) in [5.41, 5.74) is 1.93. The summed E-state index contributed by atoms with van der Waals surface area (Å²) in [6.07, 6.45) is 0.308. The number of carbonyl (C=O) groups excluding carboxylic acids is 2. The van der Waals surface area contributed by atoms with Gasteiger partial charge in [0.25, 0.3) is 0 Å². The molecule has 2 aromatic rings. The van der Waals surface area contributed by atoms with Crippen molar-refractivity contribution < 1.29 is 14.3 Å². The highest BCUT2D eigenvalue weighted by Gasteiger charge is 2.34. The summed E-state index contributed by atoms with van der Waals surface area (Å²) in [6.45, 7) is 5.81. The molecule has 0 spiro atoms. The second-order valence-electron chi connectivity index (χ2n) is 7.06. The smallest absolute Gasteiger partial charge is 0.225 e. The molecular formula is C19H25N3O3. The molecule has 1 unspecified atom stereocenters. The topological polar surface area (TPSA) is 74.4 Å². The van der Waals surface area contributed by atoms with Crippen molar-refractivity contribution in [3.05, 3.63) is 30.0 Å². The summed E-state index contributed by atoms with van der Waals surface area (Å²) < 4.78 is 5.22. The standard InChI is InChI=1S/C19H25N3O3/c1-12(2)10-22-11-14(8-18(22)23)19(24)20-9-15-6-13-7-16(25-3)4-5-17(13)21-15/h4-7,12,14,21H,8-11H2,1-3H3,(H,20,24). The van der Waals surface area contributed by atoms with E-state index >= 15 is 0 Å². The van der Waals surface area contributed by atoms with Crippen LogP contribution in [0.5, 0.6) is 5.75 Å². The van der Waals surface area contributed by atoms with Gasteiger partial charge in [-0.25, -0.2) is 0 Å². The molecule has 3 rings (SSSR count). The summed E-state index contributed by atoms with van der Waals surface area (Å²) in [5, 5.41) is 3.99. The predicted molar refractivity (Wildman–Crippen MR) is 96.2 cm³/mol. The molecule has 2 amide bonds. The molecule has 0 radical (unpaired) electrons. The van der Waals surface area contributed by atoms with Crippen LogP contribution >= 0.6 is 0 Å². The zero-order chi connectivity index (χ0) is 18.0. The first-order chi connectivity index (χ1) is 12.0. The van der Waals surface area contributed by atoms with Crippen molar-refractivity contribution in [1.82, 2.24) is 15.2 Å². The van der Waals surface area contributed by atoms with Crippen LogP contribution in [-0.2, 0) is 16.1 Å². The molecular weight excluding hydrogens is 318 g/mol. The zero-order valence-electron chi connectivity index (χ0n) is 15.0. The number of aromatic nitrogens is 1. The van der Waals surface area contributed by atoms with Gasteiger partial charge in [0, 0.05) is 36.1 Å². The Morgan fingerprint density at radius 3 is 2.92 bits per heavy atom. The second-order valence-corrected chi connectivity index (χ2v) is 7.06. The summed E-state index contributed by atoms with van der Waals surface area (Å²) >= 11 is 0. The fourth-order valence-electron chi connectivity index (χ4n) is 3.28. The third kappa shape index (κ3) is 3.95. The maximum absolute atomic E-state index is 12.4. The summed E-state index contributed by atoms with van der Waals surface area (Å²) in [7, 11) is 1.64. The molecule has 25 heavy (non-hydrogen) atoms. The van der Waals surface area contributed by atoms with Crippen molar-refractivity contribution in [1.29, 1.82) is 0 Å². The number of ether oxygens (including phenoxy) is 1. The van der Waals surface area contributed by atoms with Gasteiger partial charge in [0.2, 0.25) is 11.8 Å². The van der Waals surface area contributed by atoms with Crippen molar-refractivity contribution in [3.63, 3.8) is 0 Å². The molecule has 1 aromatic heterocycles. The van der Waals surface area contributed by atoms with Crippen LogP contribution in [0, 0.1) is 11.8 Å². The van der Waals surface area contributed by atoms with E-state index in [1.807, 2.05) is 24.3 Å². The molecule has 1 atom stereocenters. The molecule has 1 aromatic carbocycles. The summed E-state index contributed by atoms with van der Waals surface area (Å²) in [4.78, 5) is 29.5. The number of benzene rings is 1. The van der Waals surface area contributed by atoms with Crippen molar-refractivity contribution in [2.24, 2.45) is 11.8 Å². The number of rotatable bonds is 6. The molecule has 1 saturated heterocycles. The predicted octanol–water partition coefficient (Wildman–Crippen LogP) is 2.30. The van der Waals surface area contributed by atoms with Crippen molar-refractivity contribution in [3.8, 4) is 5.75 Å². The van der Waals surface area contributed by atoms with Crippen LogP contribution in [0.1, 0.15) is 26.0 Å². The lowest BCUT2D eigenvalue weighted by Crippen LogP contribution is -2.33. The first-order valence-electron chi connectivity index (χ1n) is 8.67. The Bertz CT molecular complexity index is 781. The molecule has 1 aliphatic heterocycles. The Hall–Kier alpha value is -2.50. The number of carbonyl (C=O) groups is 2. The van der Waals surface area contributed by atoms with Gasteiger partial charge in [0.05, 0.1) is 19.6 Å². The minimum absolute atomic E-state index is 0.0594. The molecule has 2 heterocycles. The van der Waals surface area contributed by atoms with Gasteiger partial charge in [-0.05, 0) is 30.2 Å². The van der Waals surface area contributed by atoms with Crippen LogP contribution < -0.4 is 10.1 Å². The average Bonchev–Trinajstić information content (AvgIpc) is 3.14. The quantitative estimate of drug-likeness (QED) is 0.845. The second kappa shape index (κ2) is 7.17. The van der Waals surface area contributed by atoms with E-state index in [1.165, 1.54) is 0 Å². The molecule has 2 N–H and O–H groups in total. The van der Waals surface area contributed by atoms with Gasteiger partial charge in [-0.3, -0.25) is 9.59 Å². The Morgan fingerprint density at radius 1 is 1.40 bits per heavy atom. The van der Waals surface area contributed by atoms with Crippen molar-refractivity contribution in [2.45, 2.75) is 26.8 Å². The number of likely N-dealkylation sites (tertiary alicyclic amines) is 1. The van der Waals surface area contributed by atoms with Gasteiger partial charge in [-0.1, -0.05) is 13.8 Å². The van der Waals surface area contributed by atoms with Crippen LogP contribution in [0.15, 0.2) is 24.3 Å². The van der Waals surface area contributed by atoms with Crippen molar-refractivity contribution in [2.75, 3.05) is 20.2 Å². The minimum Gasteiger partial charge on any atom is -0.497 e. The number of fused-ring (bicyclic) bond motifs is 1. The number of hydrogen-bond acceptors (Lipinski definition) is 3. The van der Waals surface area contributed by atoms with E-state index in [2.05, 4.69) is 24.1 Å². The Morgan fingerprint density at radius 2 is 2.20 bits per heavy atom. The first kappa shape index (κ1) is 17.3. The first-order valence-corrected chi connectivity index (χ1v) is 8.67. The number of hydrogen-bond donors (Lipinski definition) is 2. The third-order valence-corrected chi connectivity index (χ3v) is 4.51. The number of nitrogens with one attached hydrogen (secondary N) is 2. The highest BCUT2D eigenvalue weighted by Crippen LogP contribution is 2.22. The number of aromatic amines is 1. The maximum Gasteiger partial charge on any atom is 0.225 e. The molecule has 0 bridgehead atoms. The highest BCUT2D eigenvalue weighted by atomic mass is 16.5. The number of methoxy groups -OCH3 is 1. The molecule has 1 aliphatic rings. The normalized spacial score (nSPS) is 17.5. The Balaban J connectivity index is 1.58. The average molecular weight is 343 g/mol. The van der Waals surface area contributed by atoms with E-state index in [4.69, 9.17) is 4.74 Å². The monoisotopic (exact) mass is 343 g/mol. The van der Waals surface area contributed by atoms with E-state index in [-0.39, 0.29) is 17.7 Å². The lowest BCUT2D eigenvalue weighted by atomic mass is 10.1. The van der Waals surface area contributed by atoms with Crippen LogP contribution in [0.4, 0.5) is 0 Å². The van der Waals surface area contributed by atoms with Gasteiger partial charge in [0.15, 0.2) is 0 Å². The van der Waals surface area contributed by atoms with Gasteiger partial charge in [0.1, 0.15) is 5.75 Å². The van der Waals surface area contributed by atoms with Crippen molar-refractivity contribution >= 4 is 22.7 Å². The van der Waals surface area contributed by atoms with Gasteiger partial charge in [-0.15, -0.1) is 0 Å². The van der Waals surface area contributed by atoms with Crippen LogP contribution in [0.2, 0.25) is 0 Å². The van der Waals surface area contributed by atoms with E-state index in [1.54, 1.807) is 12.0 Å². The van der Waals surface area contributed by atoms with E-state index < -0.39 is 0 Å². The Kier molecular flexibility index (Phi) is 4.97. The van der Waals surface area contributed by atoms with E-state index in [0.717, 1.165) is 22.3 Å². The lowest BCUT2D eigenvalue weighted by molar-refractivity contribution is -0.129. The van der Waals surface area contributed by atoms with Crippen LogP contribution in [0.25, 0.3) is 10.9 Å². The fraction of sp³-hybridized carbons (Fsp3) is 0.474. The van der Waals surface area contributed by atoms with E-state index in [9.17, 15) is 9.59 Å². The van der Waals surface area contributed by atoms with E-state index in [0.29, 0.717) is 32.0 Å². The molecule has 6 heteroatoms. The number of amides is 2. The summed E-state index contributed by atoms with van der Waals surface area (Å²) in [6, 6.07) is 7.81. The SMILES string of the molecule is COc1ccc2[nH]c(CNC(=O)C3CC(=O)N(CC(C)C)C3)cc2c1. The fourth-order valence-corrected chi connectivity index (χ4v) is 3.28. The molecule has 1 fully saturated rings. The molecule has 0 aliphatic carbocycles. The number of nitrogens with zero attached hydrogens (tertiary/aromatic N) is 1. The largest absolute Gasteiger partial charge is 0.497 e. The summed E-state index contributed by atoms with van der Waals surface area (Å²) in [5.74, 6) is 0.976. The third-order valence-electron chi connectivity index (χ3n) is 4.51.